The van der Waals surface area contributed by atoms with Crippen LogP contribution in [0, 0.1) is 0 Å². The van der Waals surface area contributed by atoms with Crippen LogP contribution >= 0.6 is 35.2 Å². The van der Waals surface area contributed by atoms with Crippen molar-refractivity contribution < 1.29 is 4.74 Å². The van der Waals surface area contributed by atoms with Crippen LogP contribution < -0.4 is 10.5 Å². The Balaban J connectivity index is 2.02. The van der Waals surface area contributed by atoms with Crippen LogP contribution in [0.3, 0.4) is 0 Å². The van der Waals surface area contributed by atoms with Crippen molar-refractivity contribution in [3.8, 4) is 5.75 Å². The lowest BCUT2D eigenvalue weighted by Crippen LogP contribution is -2.12. The zero-order valence-electron chi connectivity index (χ0n) is 9.56. The molecule has 0 fully saturated rings. The van der Waals surface area contributed by atoms with Gasteiger partial charge < -0.3 is 10.5 Å². The van der Waals surface area contributed by atoms with Gasteiger partial charge in [-0.3, -0.25) is 0 Å². The SMILES string of the molecule is NC(=S)c1cc(Cl)ccc1OCCc1cccs1. The van der Waals surface area contributed by atoms with Crippen molar-refractivity contribution in [2.45, 2.75) is 6.42 Å². The number of thiophene rings is 1. The molecule has 18 heavy (non-hydrogen) atoms. The van der Waals surface area contributed by atoms with Crippen LogP contribution in [0.1, 0.15) is 10.4 Å². The van der Waals surface area contributed by atoms with Crippen molar-refractivity contribution in [1.82, 2.24) is 0 Å². The zero-order valence-corrected chi connectivity index (χ0v) is 11.9. The van der Waals surface area contributed by atoms with Crippen LogP contribution in [0.25, 0.3) is 0 Å². The third-order valence-corrected chi connectivity index (χ3v) is 3.78. The lowest BCUT2D eigenvalue weighted by molar-refractivity contribution is 0.322. The molecule has 2 rings (SSSR count). The summed E-state index contributed by atoms with van der Waals surface area (Å²) < 4.78 is 5.71. The van der Waals surface area contributed by atoms with Gasteiger partial charge in [-0.05, 0) is 29.6 Å². The maximum absolute atomic E-state index is 5.91. The summed E-state index contributed by atoms with van der Waals surface area (Å²) in [5.74, 6) is 0.684. The Morgan fingerprint density at radius 3 is 2.89 bits per heavy atom. The van der Waals surface area contributed by atoms with Gasteiger partial charge in [-0.25, -0.2) is 0 Å². The molecule has 2 nitrogen and oxygen atoms in total. The average molecular weight is 298 g/mol. The Kier molecular flexibility index (Phi) is 4.58. The van der Waals surface area contributed by atoms with Crippen LogP contribution in [-0.4, -0.2) is 11.6 Å². The van der Waals surface area contributed by atoms with Gasteiger partial charge in [0.15, 0.2) is 0 Å². The van der Waals surface area contributed by atoms with E-state index in [2.05, 4.69) is 11.4 Å². The molecule has 0 aliphatic rings. The first-order valence-corrected chi connectivity index (χ1v) is 7.08. The number of hydrogen-bond donors (Lipinski definition) is 1. The Labute approximate surface area is 120 Å². The van der Waals surface area contributed by atoms with E-state index in [1.807, 2.05) is 6.07 Å². The maximum Gasteiger partial charge on any atom is 0.129 e. The first-order chi connectivity index (χ1) is 8.66. The lowest BCUT2D eigenvalue weighted by atomic mass is 10.2. The summed E-state index contributed by atoms with van der Waals surface area (Å²) in [7, 11) is 0. The molecule has 0 aliphatic carbocycles. The molecule has 1 aromatic heterocycles. The predicted octanol–water partition coefficient (Wildman–Crippen LogP) is 3.66. The fourth-order valence-corrected chi connectivity index (χ4v) is 2.56. The highest BCUT2D eigenvalue weighted by Crippen LogP contribution is 2.23. The van der Waals surface area contributed by atoms with E-state index in [1.54, 1.807) is 29.5 Å². The number of ether oxygens (including phenoxy) is 1. The zero-order chi connectivity index (χ0) is 13.0. The second kappa shape index (κ2) is 6.18. The van der Waals surface area contributed by atoms with Gasteiger partial charge >= 0.3 is 0 Å². The Morgan fingerprint density at radius 1 is 1.39 bits per heavy atom. The standard InChI is InChI=1S/C13H12ClNOS2/c14-9-3-4-12(11(8-9)13(15)17)16-6-5-10-2-1-7-18-10/h1-4,7-8H,5-6H2,(H2,15,17). The number of hydrogen-bond acceptors (Lipinski definition) is 3. The second-order valence-electron chi connectivity index (χ2n) is 3.68. The van der Waals surface area contributed by atoms with Gasteiger partial charge in [-0.1, -0.05) is 29.9 Å². The van der Waals surface area contributed by atoms with E-state index in [9.17, 15) is 0 Å². The van der Waals surface area contributed by atoms with E-state index in [0.29, 0.717) is 27.9 Å². The summed E-state index contributed by atoms with van der Waals surface area (Å²) in [5, 5.41) is 2.65. The van der Waals surface area contributed by atoms with Crippen LogP contribution in [0.2, 0.25) is 5.02 Å². The molecule has 0 spiro atoms. The summed E-state index contributed by atoms with van der Waals surface area (Å²) in [6.07, 6.45) is 0.872. The Bertz CT molecular complexity index is 540. The number of rotatable bonds is 5. The van der Waals surface area contributed by atoms with Crippen LogP contribution in [-0.2, 0) is 6.42 Å². The quantitative estimate of drug-likeness (QED) is 0.856. The van der Waals surface area contributed by atoms with Gasteiger partial charge in [-0.15, -0.1) is 11.3 Å². The molecule has 0 bridgehead atoms. The van der Waals surface area contributed by atoms with Crippen molar-refractivity contribution >= 4 is 40.1 Å². The van der Waals surface area contributed by atoms with Gasteiger partial charge in [-0.2, -0.15) is 0 Å². The molecule has 0 aliphatic heterocycles. The number of halogens is 1. The van der Waals surface area contributed by atoms with Crippen molar-refractivity contribution in [2.75, 3.05) is 6.61 Å². The molecule has 94 valence electrons. The highest BCUT2D eigenvalue weighted by atomic mass is 35.5. The first kappa shape index (κ1) is 13.3. The van der Waals surface area contributed by atoms with Crippen LogP contribution in [0.15, 0.2) is 35.7 Å². The second-order valence-corrected chi connectivity index (χ2v) is 5.59. The molecule has 0 radical (unpaired) electrons. The smallest absolute Gasteiger partial charge is 0.129 e. The topological polar surface area (TPSA) is 35.2 Å². The number of nitrogens with two attached hydrogens (primary N) is 1. The highest BCUT2D eigenvalue weighted by molar-refractivity contribution is 7.80. The first-order valence-electron chi connectivity index (χ1n) is 5.41. The summed E-state index contributed by atoms with van der Waals surface area (Å²) >= 11 is 12.6. The average Bonchev–Trinajstić information content (AvgIpc) is 2.84. The van der Waals surface area contributed by atoms with E-state index in [4.69, 9.17) is 34.3 Å². The minimum Gasteiger partial charge on any atom is -0.492 e. The minimum absolute atomic E-state index is 0.295. The molecule has 0 amide bonds. The van der Waals surface area contributed by atoms with E-state index in [-0.39, 0.29) is 0 Å². The molecule has 2 aromatic rings. The molecule has 0 atom stereocenters. The summed E-state index contributed by atoms with van der Waals surface area (Å²) in [6.45, 7) is 0.595. The van der Waals surface area contributed by atoms with Crippen LogP contribution in [0.4, 0.5) is 0 Å². The summed E-state index contributed by atoms with van der Waals surface area (Å²) in [4.78, 5) is 1.59. The number of thiocarbonyl (C=S) groups is 1. The Morgan fingerprint density at radius 2 is 2.22 bits per heavy atom. The summed E-state index contributed by atoms with van der Waals surface area (Å²) in [5.41, 5.74) is 6.33. The molecule has 0 unspecified atom stereocenters. The molecule has 1 aromatic carbocycles. The lowest BCUT2D eigenvalue weighted by Gasteiger charge is -2.10. The van der Waals surface area contributed by atoms with Gasteiger partial charge in [0, 0.05) is 16.3 Å². The van der Waals surface area contributed by atoms with Crippen molar-refractivity contribution in [1.29, 1.82) is 0 Å². The van der Waals surface area contributed by atoms with Crippen molar-refractivity contribution in [2.24, 2.45) is 5.73 Å². The molecule has 0 saturated carbocycles. The Hall–Kier alpha value is -1.10. The maximum atomic E-state index is 5.91. The third-order valence-electron chi connectivity index (χ3n) is 2.39. The molecular weight excluding hydrogens is 286 g/mol. The normalized spacial score (nSPS) is 10.3. The third kappa shape index (κ3) is 3.45. The van der Waals surface area contributed by atoms with E-state index >= 15 is 0 Å². The molecular formula is C13H12ClNOS2. The fourth-order valence-electron chi connectivity index (χ4n) is 1.54. The summed E-state index contributed by atoms with van der Waals surface area (Å²) in [6, 6.07) is 9.41. The monoisotopic (exact) mass is 297 g/mol. The molecule has 2 N–H and O–H groups in total. The minimum atomic E-state index is 0.295. The van der Waals surface area contributed by atoms with Gasteiger partial charge in [0.1, 0.15) is 10.7 Å². The van der Waals surface area contributed by atoms with E-state index in [0.717, 1.165) is 6.42 Å². The van der Waals surface area contributed by atoms with Crippen molar-refractivity contribution in [3.05, 3.63) is 51.2 Å². The van der Waals surface area contributed by atoms with Gasteiger partial charge in [0.25, 0.3) is 0 Å². The van der Waals surface area contributed by atoms with Gasteiger partial charge in [0.2, 0.25) is 0 Å². The van der Waals surface area contributed by atoms with E-state index in [1.165, 1.54) is 4.88 Å². The highest BCUT2D eigenvalue weighted by Gasteiger charge is 2.07. The molecule has 5 heteroatoms. The largest absolute Gasteiger partial charge is 0.492 e. The molecule has 0 saturated heterocycles. The van der Waals surface area contributed by atoms with Crippen LogP contribution in [0.5, 0.6) is 5.75 Å². The number of benzene rings is 1. The van der Waals surface area contributed by atoms with Gasteiger partial charge in [0.05, 0.1) is 12.2 Å². The van der Waals surface area contributed by atoms with E-state index < -0.39 is 0 Å². The molecule has 1 heterocycles. The fraction of sp³-hybridized carbons (Fsp3) is 0.154. The predicted molar refractivity (Wildman–Crippen MR) is 80.9 cm³/mol. The van der Waals surface area contributed by atoms with Crippen molar-refractivity contribution in [3.63, 3.8) is 0 Å².